The van der Waals surface area contributed by atoms with Crippen molar-refractivity contribution < 1.29 is 4.74 Å². The maximum Gasteiger partial charge on any atom is 0.119 e. The van der Waals surface area contributed by atoms with E-state index in [0.717, 1.165) is 29.4 Å². The van der Waals surface area contributed by atoms with Crippen LogP contribution in [0.5, 0.6) is 5.75 Å². The molecule has 3 rings (SSSR count). The van der Waals surface area contributed by atoms with Crippen LogP contribution in [0.3, 0.4) is 0 Å². The molecule has 0 aliphatic rings. The van der Waals surface area contributed by atoms with Gasteiger partial charge in [-0.3, -0.25) is 4.90 Å². The van der Waals surface area contributed by atoms with Crippen LogP contribution in [0.15, 0.2) is 84.9 Å². The minimum Gasteiger partial charge on any atom is -0.492 e. The van der Waals surface area contributed by atoms with Gasteiger partial charge in [0.05, 0.1) is 5.38 Å². The minimum absolute atomic E-state index is 0.128. The van der Waals surface area contributed by atoms with Crippen LogP contribution in [0, 0.1) is 0 Å². The second kappa shape index (κ2) is 10.4. The molecule has 2 nitrogen and oxygen atoms in total. The number of rotatable bonds is 9. The van der Waals surface area contributed by atoms with Crippen LogP contribution in [0.4, 0.5) is 0 Å². The number of hydrogen-bond acceptors (Lipinski definition) is 2. The van der Waals surface area contributed by atoms with E-state index in [0.29, 0.717) is 13.2 Å². The van der Waals surface area contributed by atoms with Crippen LogP contribution in [0.25, 0.3) is 0 Å². The lowest BCUT2D eigenvalue weighted by atomic mass is 10.1. The van der Waals surface area contributed by atoms with Crippen molar-refractivity contribution in [1.29, 1.82) is 0 Å². The molecule has 3 aromatic carbocycles. The first-order valence-electron chi connectivity index (χ1n) is 9.02. The van der Waals surface area contributed by atoms with Gasteiger partial charge in [0.2, 0.25) is 0 Å². The molecule has 1 unspecified atom stereocenters. The lowest BCUT2D eigenvalue weighted by Crippen LogP contribution is -2.32. The zero-order valence-electron chi connectivity index (χ0n) is 15.1. The summed E-state index contributed by atoms with van der Waals surface area (Å²) in [6, 6.07) is 28.1. The molecule has 0 aliphatic carbocycles. The molecule has 4 heteroatoms. The van der Waals surface area contributed by atoms with Crippen LogP contribution in [-0.4, -0.2) is 23.4 Å². The summed E-state index contributed by atoms with van der Waals surface area (Å²) >= 11 is 13.0. The van der Waals surface area contributed by atoms with E-state index >= 15 is 0 Å². The molecule has 0 aliphatic heterocycles. The summed E-state index contributed by atoms with van der Waals surface area (Å²) in [6.07, 6.45) is 0. The largest absolute Gasteiger partial charge is 0.492 e. The van der Waals surface area contributed by atoms with Crippen molar-refractivity contribution in [3.8, 4) is 5.75 Å². The van der Waals surface area contributed by atoms with Crippen molar-refractivity contribution in [2.24, 2.45) is 0 Å². The fraction of sp³-hybridized carbons (Fsp3) is 0.217. The highest BCUT2D eigenvalue weighted by Gasteiger charge is 2.15. The summed E-state index contributed by atoms with van der Waals surface area (Å²) in [5, 5.41) is 0.652. The molecule has 3 aromatic rings. The van der Waals surface area contributed by atoms with Gasteiger partial charge in [-0.25, -0.2) is 0 Å². The van der Waals surface area contributed by atoms with Gasteiger partial charge < -0.3 is 4.74 Å². The fourth-order valence-electron chi connectivity index (χ4n) is 2.93. The van der Waals surface area contributed by atoms with E-state index in [1.54, 1.807) is 0 Å². The number of alkyl halides is 1. The predicted molar refractivity (Wildman–Crippen MR) is 114 cm³/mol. The third-order valence-corrected chi connectivity index (χ3v) is 4.86. The van der Waals surface area contributed by atoms with Crippen molar-refractivity contribution >= 4 is 23.2 Å². The molecule has 0 fully saturated rings. The Balaban J connectivity index is 1.64. The number of halogens is 2. The summed E-state index contributed by atoms with van der Waals surface area (Å²) in [4.78, 5) is 2.31. The first-order chi connectivity index (χ1) is 13.2. The summed E-state index contributed by atoms with van der Waals surface area (Å²) in [5.74, 6) is 0.837. The number of hydrogen-bond donors (Lipinski definition) is 0. The molecule has 0 heterocycles. The van der Waals surface area contributed by atoms with Crippen molar-refractivity contribution in [2.75, 3.05) is 13.2 Å². The molecule has 0 N–H and O–H groups in total. The highest BCUT2D eigenvalue weighted by atomic mass is 35.5. The topological polar surface area (TPSA) is 12.5 Å². The normalized spacial score (nSPS) is 12.1. The third kappa shape index (κ3) is 6.59. The van der Waals surface area contributed by atoms with Crippen LogP contribution >= 0.6 is 23.2 Å². The van der Waals surface area contributed by atoms with Gasteiger partial charge in [-0.15, -0.1) is 11.6 Å². The Morgan fingerprint density at radius 2 is 1.41 bits per heavy atom. The third-order valence-electron chi connectivity index (χ3n) is 4.23. The van der Waals surface area contributed by atoms with Gasteiger partial charge in [-0.05, 0) is 29.3 Å². The molecule has 0 spiro atoms. The number of ether oxygens (including phenoxy) is 1. The first kappa shape index (κ1) is 19.8. The van der Waals surface area contributed by atoms with Gasteiger partial charge >= 0.3 is 0 Å². The molecular formula is C23H23Cl2NO. The molecule has 0 aromatic heterocycles. The molecular weight excluding hydrogens is 377 g/mol. The van der Waals surface area contributed by atoms with Gasteiger partial charge in [0.15, 0.2) is 0 Å². The molecule has 0 saturated carbocycles. The zero-order chi connectivity index (χ0) is 18.9. The van der Waals surface area contributed by atoms with E-state index in [-0.39, 0.29) is 5.38 Å². The van der Waals surface area contributed by atoms with Crippen LogP contribution in [0.1, 0.15) is 11.1 Å². The van der Waals surface area contributed by atoms with Crippen molar-refractivity contribution in [1.82, 2.24) is 4.90 Å². The molecule has 0 amide bonds. The fourth-order valence-corrected chi connectivity index (χ4v) is 3.38. The van der Waals surface area contributed by atoms with Crippen LogP contribution < -0.4 is 4.74 Å². The Kier molecular flexibility index (Phi) is 7.58. The van der Waals surface area contributed by atoms with Crippen molar-refractivity contribution in [3.05, 3.63) is 101 Å². The summed E-state index contributed by atoms with van der Waals surface area (Å²) in [6.45, 7) is 2.71. The highest BCUT2D eigenvalue weighted by molar-refractivity contribution is 6.31. The van der Waals surface area contributed by atoms with Gasteiger partial charge in [0.1, 0.15) is 12.4 Å². The standard InChI is InChI=1S/C23H23Cl2NO/c24-21(18-27-22-12-5-2-6-13-22)17-26(15-19-9-3-1-4-10-19)16-20-11-7-8-14-23(20)25/h1-14,21H,15-18H2. The van der Waals surface area contributed by atoms with Gasteiger partial charge in [-0.1, -0.05) is 78.3 Å². The van der Waals surface area contributed by atoms with E-state index < -0.39 is 0 Å². The lowest BCUT2D eigenvalue weighted by Gasteiger charge is -2.25. The van der Waals surface area contributed by atoms with E-state index in [9.17, 15) is 0 Å². The smallest absolute Gasteiger partial charge is 0.119 e. The summed E-state index contributed by atoms with van der Waals surface area (Å²) < 4.78 is 5.81. The monoisotopic (exact) mass is 399 g/mol. The first-order valence-corrected chi connectivity index (χ1v) is 9.84. The summed E-state index contributed by atoms with van der Waals surface area (Å²) in [5.41, 5.74) is 2.35. The van der Waals surface area contributed by atoms with E-state index in [1.807, 2.05) is 54.6 Å². The SMILES string of the molecule is Clc1ccccc1CN(Cc1ccccc1)CC(Cl)COc1ccccc1. The molecule has 0 saturated heterocycles. The average Bonchev–Trinajstić information content (AvgIpc) is 2.70. The molecule has 0 radical (unpaired) electrons. The molecule has 1 atom stereocenters. The number of benzene rings is 3. The Labute approximate surface area is 171 Å². The lowest BCUT2D eigenvalue weighted by molar-refractivity contribution is 0.225. The maximum atomic E-state index is 6.60. The minimum atomic E-state index is -0.128. The maximum absolute atomic E-state index is 6.60. The Morgan fingerprint density at radius 3 is 2.11 bits per heavy atom. The van der Waals surface area contributed by atoms with Crippen molar-refractivity contribution in [2.45, 2.75) is 18.5 Å². The second-order valence-corrected chi connectivity index (χ2v) is 7.49. The Morgan fingerprint density at radius 1 is 0.778 bits per heavy atom. The van der Waals surface area contributed by atoms with E-state index in [2.05, 4.69) is 35.2 Å². The molecule has 27 heavy (non-hydrogen) atoms. The van der Waals surface area contributed by atoms with Crippen molar-refractivity contribution in [3.63, 3.8) is 0 Å². The molecule has 0 bridgehead atoms. The Hall–Kier alpha value is -2.00. The Bertz CT molecular complexity index is 811. The van der Waals surface area contributed by atoms with Gasteiger partial charge in [0.25, 0.3) is 0 Å². The van der Waals surface area contributed by atoms with Crippen LogP contribution in [0.2, 0.25) is 5.02 Å². The van der Waals surface area contributed by atoms with Gasteiger partial charge in [-0.2, -0.15) is 0 Å². The summed E-state index contributed by atoms with van der Waals surface area (Å²) in [7, 11) is 0. The van der Waals surface area contributed by atoms with Crippen LogP contribution in [-0.2, 0) is 13.1 Å². The average molecular weight is 400 g/mol. The second-order valence-electron chi connectivity index (χ2n) is 6.47. The van der Waals surface area contributed by atoms with E-state index in [1.165, 1.54) is 5.56 Å². The zero-order valence-corrected chi connectivity index (χ0v) is 16.6. The number of nitrogens with zero attached hydrogens (tertiary/aromatic N) is 1. The predicted octanol–water partition coefficient (Wildman–Crippen LogP) is 6.03. The highest BCUT2D eigenvalue weighted by Crippen LogP contribution is 2.19. The quantitative estimate of drug-likeness (QED) is 0.407. The van der Waals surface area contributed by atoms with E-state index in [4.69, 9.17) is 27.9 Å². The number of para-hydroxylation sites is 1. The molecule has 140 valence electrons. The van der Waals surface area contributed by atoms with Gasteiger partial charge in [0, 0.05) is 24.7 Å².